The number of aromatic nitrogens is 2. The van der Waals surface area contributed by atoms with Crippen LogP contribution in [-0.2, 0) is 7.05 Å². The van der Waals surface area contributed by atoms with Crippen molar-refractivity contribution in [2.45, 2.75) is 19.4 Å². The first kappa shape index (κ1) is 7.46. The van der Waals surface area contributed by atoms with E-state index in [2.05, 4.69) is 22.7 Å². The minimum Gasteiger partial charge on any atom is -0.381 e. The molecular weight excluding hydrogens is 152 g/mol. The van der Waals surface area contributed by atoms with E-state index in [0.717, 1.165) is 24.5 Å². The molecule has 4 heteroatoms. The van der Waals surface area contributed by atoms with Gasteiger partial charge in [0.25, 0.3) is 0 Å². The van der Waals surface area contributed by atoms with E-state index in [0.29, 0.717) is 6.04 Å². The number of fused-ring (bicyclic) bond motifs is 1. The Morgan fingerprint density at radius 3 is 3.33 bits per heavy atom. The summed E-state index contributed by atoms with van der Waals surface area (Å²) in [7, 11) is 1.95. The highest BCUT2D eigenvalue weighted by Crippen LogP contribution is 2.23. The van der Waals surface area contributed by atoms with Crippen molar-refractivity contribution in [2.24, 2.45) is 7.05 Å². The van der Waals surface area contributed by atoms with Gasteiger partial charge in [0.15, 0.2) is 0 Å². The standard InChI is InChI=1S/C8H14N4/c1-6-3-4-9-7-5-10-12(2)8(7)11-6/h5-6,9,11H,3-4H2,1-2H3. The Morgan fingerprint density at radius 1 is 1.67 bits per heavy atom. The molecule has 4 nitrogen and oxygen atoms in total. The SMILES string of the molecule is CC1CCNc2cnn(C)c2N1. The number of rotatable bonds is 0. The second kappa shape index (κ2) is 2.69. The topological polar surface area (TPSA) is 41.9 Å². The van der Waals surface area contributed by atoms with Crippen LogP contribution in [-0.4, -0.2) is 22.4 Å². The molecule has 2 N–H and O–H groups in total. The van der Waals surface area contributed by atoms with Crippen LogP contribution in [0.5, 0.6) is 0 Å². The zero-order valence-corrected chi connectivity index (χ0v) is 7.46. The van der Waals surface area contributed by atoms with Gasteiger partial charge in [0.05, 0.1) is 11.9 Å². The van der Waals surface area contributed by atoms with Crippen LogP contribution in [0.4, 0.5) is 11.5 Å². The fourth-order valence-corrected chi connectivity index (χ4v) is 1.47. The summed E-state index contributed by atoms with van der Waals surface area (Å²) in [5, 5.41) is 10.9. The summed E-state index contributed by atoms with van der Waals surface area (Å²) in [6, 6.07) is 0.522. The van der Waals surface area contributed by atoms with Gasteiger partial charge in [-0.2, -0.15) is 5.10 Å². The minimum absolute atomic E-state index is 0.522. The molecule has 0 fully saturated rings. The van der Waals surface area contributed by atoms with Crippen LogP contribution in [0, 0.1) is 0 Å². The van der Waals surface area contributed by atoms with E-state index in [1.54, 1.807) is 0 Å². The van der Waals surface area contributed by atoms with Crippen LogP contribution in [0.1, 0.15) is 13.3 Å². The van der Waals surface area contributed by atoms with Gasteiger partial charge in [-0.1, -0.05) is 0 Å². The highest BCUT2D eigenvalue weighted by molar-refractivity contribution is 5.65. The Labute approximate surface area is 72.0 Å². The molecule has 0 saturated heterocycles. The molecule has 0 amide bonds. The van der Waals surface area contributed by atoms with Crippen molar-refractivity contribution in [2.75, 3.05) is 17.2 Å². The molecule has 1 unspecified atom stereocenters. The molecule has 66 valence electrons. The van der Waals surface area contributed by atoms with E-state index < -0.39 is 0 Å². The zero-order chi connectivity index (χ0) is 8.55. The van der Waals surface area contributed by atoms with Crippen LogP contribution < -0.4 is 10.6 Å². The highest BCUT2D eigenvalue weighted by atomic mass is 15.3. The zero-order valence-electron chi connectivity index (χ0n) is 7.46. The highest BCUT2D eigenvalue weighted by Gasteiger charge is 2.14. The van der Waals surface area contributed by atoms with E-state index in [4.69, 9.17) is 0 Å². The smallest absolute Gasteiger partial charge is 0.147 e. The predicted octanol–water partition coefficient (Wildman–Crippen LogP) is 1.04. The number of hydrogen-bond donors (Lipinski definition) is 2. The maximum atomic E-state index is 4.17. The molecule has 0 aromatic carbocycles. The molecule has 0 bridgehead atoms. The first-order valence-corrected chi connectivity index (χ1v) is 4.30. The van der Waals surface area contributed by atoms with Gasteiger partial charge in [-0.3, -0.25) is 4.68 Å². The van der Waals surface area contributed by atoms with Gasteiger partial charge in [-0.15, -0.1) is 0 Å². The minimum atomic E-state index is 0.522. The molecule has 1 aliphatic rings. The van der Waals surface area contributed by atoms with E-state index in [1.807, 2.05) is 17.9 Å². The quantitative estimate of drug-likeness (QED) is 0.605. The summed E-state index contributed by atoms with van der Waals surface area (Å²) in [6.45, 7) is 3.20. The van der Waals surface area contributed by atoms with Crippen molar-refractivity contribution in [1.29, 1.82) is 0 Å². The fraction of sp³-hybridized carbons (Fsp3) is 0.625. The lowest BCUT2D eigenvalue weighted by atomic mass is 10.2. The summed E-state index contributed by atoms with van der Waals surface area (Å²) < 4.78 is 1.87. The maximum Gasteiger partial charge on any atom is 0.147 e. The molecule has 12 heavy (non-hydrogen) atoms. The number of nitrogens with one attached hydrogen (secondary N) is 2. The summed E-state index contributed by atoms with van der Waals surface area (Å²) in [4.78, 5) is 0. The van der Waals surface area contributed by atoms with Crippen molar-refractivity contribution < 1.29 is 0 Å². The van der Waals surface area contributed by atoms with E-state index in [9.17, 15) is 0 Å². The van der Waals surface area contributed by atoms with Gasteiger partial charge >= 0.3 is 0 Å². The molecule has 1 aliphatic heterocycles. The lowest BCUT2D eigenvalue weighted by Crippen LogP contribution is -2.17. The van der Waals surface area contributed by atoms with Crippen LogP contribution in [0.25, 0.3) is 0 Å². The van der Waals surface area contributed by atoms with Crippen molar-refractivity contribution in [1.82, 2.24) is 9.78 Å². The third-order valence-corrected chi connectivity index (χ3v) is 2.21. The number of nitrogens with zero attached hydrogens (tertiary/aromatic N) is 2. The lowest BCUT2D eigenvalue weighted by molar-refractivity contribution is 0.710. The molecule has 1 aromatic rings. The second-order valence-corrected chi connectivity index (χ2v) is 3.29. The first-order valence-electron chi connectivity index (χ1n) is 4.30. The van der Waals surface area contributed by atoms with Crippen molar-refractivity contribution >= 4 is 11.5 Å². The first-order chi connectivity index (χ1) is 5.77. The van der Waals surface area contributed by atoms with Crippen molar-refractivity contribution in [3.63, 3.8) is 0 Å². The molecule has 0 saturated carbocycles. The third kappa shape index (κ3) is 1.13. The van der Waals surface area contributed by atoms with Gasteiger partial charge in [0, 0.05) is 19.6 Å². The van der Waals surface area contributed by atoms with E-state index in [1.165, 1.54) is 0 Å². The predicted molar refractivity (Wildman–Crippen MR) is 49.4 cm³/mol. The lowest BCUT2D eigenvalue weighted by Gasteiger charge is -2.10. The Balaban J connectivity index is 2.33. The van der Waals surface area contributed by atoms with Gasteiger partial charge in [0.1, 0.15) is 5.82 Å². The van der Waals surface area contributed by atoms with Crippen molar-refractivity contribution in [3.05, 3.63) is 6.20 Å². The average Bonchev–Trinajstić information content (AvgIpc) is 2.31. The van der Waals surface area contributed by atoms with E-state index >= 15 is 0 Å². The number of aryl methyl sites for hydroxylation is 1. The molecule has 2 rings (SSSR count). The Morgan fingerprint density at radius 2 is 2.50 bits per heavy atom. The summed E-state index contributed by atoms with van der Waals surface area (Å²) in [5.74, 6) is 1.10. The summed E-state index contributed by atoms with van der Waals surface area (Å²) >= 11 is 0. The van der Waals surface area contributed by atoms with Crippen LogP contribution in [0.2, 0.25) is 0 Å². The van der Waals surface area contributed by atoms with E-state index in [-0.39, 0.29) is 0 Å². The fourth-order valence-electron chi connectivity index (χ4n) is 1.47. The molecule has 2 heterocycles. The monoisotopic (exact) mass is 166 g/mol. The second-order valence-electron chi connectivity index (χ2n) is 3.29. The summed E-state index contributed by atoms with van der Waals surface area (Å²) in [6.07, 6.45) is 3.01. The Bertz CT molecular complexity index is 279. The molecule has 0 aliphatic carbocycles. The molecule has 0 spiro atoms. The molecule has 0 radical (unpaired) electrons. The number of anilines is 2. The summed E-state index contributed by atoms with van der Waals surface area (Å²) in [5.41, 5.74) is 1.11. The van der Waals surface area contributed by atoms with Crippen LogP contribution >= 0.6 is 0 Å². The van der Waals surface area contributed by atoms with Crippen molar-refractivity contribution in [3.8, 4) is 0 Å². The van der Waals surface area contributed by atoms with Crippen LogP contribution in [0.15, 0.2) is 6.20 Å². The molecule has 1 atom stereocenters. The van der Waals surface area contributed by atoms with Gasteiger partial charge in [-0.25, -0.2) is 0 Å². The third-order valence-electron chi connectivity index (χ3n) is 2.21. The molecule has 1 aromatic heterocycles. The van der Waals surface area contributed by atoms with Gasteiger partial charge in [0.2, 0.25) is 0 Å². The molecular formula is C8H14N4. The van der Waals surface area contributed by atoms with Crippen LogP contribution in [0.3, 0.4) is 0 Å². The average molecular weight is 166 g/mol. The maximum absolute atomic E-state index is 4.17. The van der Waals surface area contributed by atoms with Gasteiger partial charge < -0.3 is 10.6 Å². The normalized spacial score (nSPS) is 22.0. The Kier molecular flexibility index (Phi) is 1.67. The number of hydrogen-bond acceptors (Lipinski definition) is 3. The largest absolute Gasteiger partial charge is 0.381 e. The Hall–Kier alpha value is -1.19. The van der Waals surface area contributed by atoms with Gasteiger partial charge in [-0.05, 0) is 13.3 Å².